The van der Waals surface area contributed by atoms with Crippen molar-refractivity contribution < 1.29 is 4.74 Å². The van der Waals surface area contributed by atoms with Crippen LogP contribution in [-0.4, -0.2) is 25.7 Å². The highest BCUT2D eigenvalue weighted by atomic mass is 16.5. The molecule has 0 fully saturated rings. The first kappa shape index (κ1) is 11.4. The van der Waals surface area contributed by atoms with Crippen molar-refractivity contribution >= 4 is 11.6 Å². The van der Waals surface area contributed by atoms with Gasteiger partial charge < -0.3 is 15.4 Å². The number of benzene rings is 1. The van der Waals surface area contributed by atoms with E-state index in [2.05, 4.69) is 35.5 Å². The molecule has 2 N–H and O–H groups in total. The Morgan fingerprint density at radius 2 is 2.28 bits per heavy atom. The summed E-state index contributed by atoms with van der Waals surface area (Å²) in [5, 5.41) is 6.62. The number of aliphatic imine (C=N–C) groups is 1. The number of rotatable bonds is 1. The molecule has 0 amide bonds. The van der Waals surface area contributed by atoms with Gasteiger partial charge in [-0.25, -0.2) is 0 Å². The molecule has 4 heteroatoms. The van der Waals surface area contributed by atoms with Crippen LogP contribution in [0.15, 0.2) is 11.1 Å². The van der Waals surface area contributed by atoms with Gasteiger partial charge in [-0.05, 0) is 49.4 Å². The van der Waals surface area contributed by atoms with Crippen molar-refractivity contribution in [1.82, 2.24) is 5.32 Å². The summed E-state index contributed by atoms with van der Waals surface area (Å²) in [5.74, 6) is 1.97. The van der Waals surface area contributed by atoms with E-state index in [1.807, 2.05) is 0 Å². The number of ether oxygens (including phenoxy) is 1. The summed E-state index contributed by atoms with van der Waals surface area (Å²) in [6.45, 7) is 6.89. The average Bonchev–Trinajstić information content (AvgIpc) is 2.89. The molecule has 3 rings (SSSR count). The zero-order valence-corrected chi connectivity index (χ0v) is 11.0. The van der Waals surface area contributed by atoms with Crippen molar-refractivity contribution in [2.45, 2.75) is 26.7 Å². The first-order valence-corrected chi connectivity index (χ1v) is 6.57. The lowest BCUT2D eigenvalue weighted by Crippen LogP contribution is -2.27. The predicted octanol–water partition coefficient (Wildman–Crippen LogP) is 2.00. The van der Waals surface area contributed by atoms with Crippen LogP contribution in [0.25, 0.3) is 0 Å². The van der Waals surface area contributed by atoms with Crippen molar-refractivity contribution in [1.29, 1.82) is 0 Å². The standard InChI is InChI=1S/C14H19N3O/c1-9-8-12(17-14-15-5-6-16-14)10(2)11-4-3-7-18-13(9)11/h8H,3-7H2,1-2H3,(H2,15,16,17). The Morgan fingerprint density at radius 1 is 1.39 bits per heavy atom. The lowest BCUT2D eigenvalue weighted by atomic mass is 9.96. The van der Waals surface area contributed by atoms with E-state index in [4.69, 9.17) is 4.74 Å². The highest BCUT2D eigenvalue weighted by Gasteiger charge is 2.18. The largest absolute Gasteiger partial charge is 0.493 e. The van der Waals surface area contributed by atoms with E-state index >= 15 is 0 Å². The monoisotopic (exact) mass is 245 g/mol. The molecule has 0 saturated carbocycles. The van der Waals surface area contributed by atoms with Crippen LogP contribution in [0.3, 0.4) is 0 Å². The lowest BCUT2D eigenvalue weighted by molar-refractivity contribution is 0.286. The summed E-state index contributed by atoms with van der Waals surface area (Å²) in [6, 6.07) is 2.15. The second-order valence-electron chi connectivity index (χ2n) is 4.91. The van der Waals surface area contributed by atoms with E-state index in [1.54, 1.807) is 0 Å². The third-order valence-corrected chi connectivity index (χ3v) is 3.59. The van der Waals surface area contributed by atoms with Gasteiger partial charge in [0.05, 0.1) is 13.2 Å². The third-order valence-electron chi connectivity index (χ3n) is 3.59. The average molecular weight is 245 g/mol. The van der Waals surface area contributed by atoms with E-state index in [1.165, 1.54) is 16.7 Å². The first-order chi connectivity index (χ1) is 8.75. The lowest BCUT2D eigenvalue weighted by Gasteiger charge is -2.23. The van der Waals surface area contributed by atoms with Crippen molar-refractivity contribution in [2.75, 3.05) is 25.0 Å². The van der Waals surface area contributed by atoms with Crippen LogP contribution in [0.1, 0.15) is 23.1 Å². The Bertz CT molecular complexity index is 508. The highest BCUT2D eigenvalue weighted by Crippen LogP contribution is 2.35. The number of nitrogens with zero attached hydrogens (tertiary/aromatic N) is 1. The number of anilines is 1. The quantitative estimate of drug-likeness (QED) is 0.795. The number of nitrogens with one attached hydrogen (secondary N) is 2. The summed E-state index contributed by atoms with van der Waals surface area (Å²) < 4.78 is 5.79. The molecule has 0 bridgehead atoms. The smallest absolute Gasteiger partial charge is 0.195 e. The van der Waals surface area contributed by atoms with Crippen LogP contribution in [-0.2, 0) is 6.42 Å². The highest BCUT2D eigenvalue weighted by molar-refractivity contribution is 5.95. The second kappa shape index (κ2) is 4.52. The zero-order valence-electron chi connectivity index (χ0n) is 11.0. The van der Waals surface area contributed by atoms with Gasteiger partial charge in [0, 0.05) is 12.2 Å². The molecule has 0 spiro atoms. The molecule has 0 saturated heterocycles. The molecule has 0 atom stereocenters. The van der Waals surface area contributed by atoms with Crippen molar-refractivity contribution in [2.24, 2.45) is 4.99 Å². The van der Waals surface area contributed by atoms with Crippen LogP contribution in [0, 0.1) is 13.8 Å². The minimum Gasteiger partial charge on any atom is -0.493 e. The summed E-state index contributed by atoms with van der Waals surface area (Å²) in [5.41, 5.74) is 4.98. The Labute approximate surface area is 107 Å². The molecule has 0 radical (unpaired) electrons. The van der Waals surface area contributed by atoms with E-state index in [9.17, 15) is 0 Å². The number of guanidine groups is 1. The van der Waals surface area contributed by atoms with Crippen LogP contribution in [0.5, 0.6) is 5.75 Å². The molecule has 0 aliphatic carbocycles. The number of hydrogen-bond donors (Lipinski definition) is 2. The molecule has 2 heterocycles. The molecule has 1 aromatic rings. The van der Waals surface area contributed by atoms with Gasteiger partial charge in [0.2, 0.25) is 0 Å². The molecule has 2 aliphatic rings. The molecule has 2 aliphatic heterocycles. The molecule has 1 aromatic carbocycles. The molecular formula is C14H19N3O. The van der Waals surface area contributed by atoms with E-state index in [0.29, 0.717) is 0 Å². The Morgan fingerprint density at radius 3 is 3.06 bits per heavy atom. The summed E-state index contributed by atoms with van der Waals surface area (Å²) in [4.78, 5) is 4.38. The molecule has 0 unspecified atom stereocenters. The molecule has 0 aromatic heterocycles. The van der Waals surface area contributed by atoms with Crippen molar-refractivity contribution in [3.05, 3.63) is 22.8 Å². The van der Waals surface area contributed by atoms with Gasteiger partial charge in [-0.15, -0.1) is 0 Å². The molecule has 18 heavy (non-hydrogen) atoms. The van der Waals surface area contributed by atoms with Crippen molar-refractivity contribution in [3.63, 3.8) is 0 Å². The second-order valence-corrected chi connectivity index (χ2v) is 4.91. The fraction of sp³-hybridized carbons (Fsp3) is 0.500. The Balaban J connectivity index is 1.97. The fourth-order valence-electron chi connectivity index (χ4n) is 2.63. The number of fused-ring (bicyclic) bond motifs is 1. The number of hydrogen-bond acceptors (Lipinski definition) is 4. The zero-order chi connectivity index (χ0) is 12.5. The first-order valence-electron chi connectivity index (χ1n) is 6.57. The van der Waals surface area contributed by atoms with Crippen LogP contribution in [0.2, 0.25) is 0 Å². The van der Waals surface area contributed by atoms with Gasteiger partial charge in [-0.2, -0.15) is 0 Å². The third kappa shape index (κ3) is 1.92. The van der Waals surface area contributed by atoms with E-state index < -0.39 is 0 Å². The van der Waals surface area contributed by atoms with Gasteiger partial charge in [-0.1, -0.05) is 0 Å². The summed E-state index contributed by atoms with van der Waals surface area (Å²) in [6.07, 6.45) is 2.22. The van der Waals surface area contributed by atoms with Gasteiger partial charge in [0.15, 0.2) is 5.96 Å². The maximum absolute atomic E-state index is 5.79. The normalized spacial score (nSPS) is 17.6. The maximum Gasteiger partial charge on any atom is 0.195 e. The SMILES string of the molecule is Cc1cc(NC2=NCCN2)c(C)c2c1OCCC2. The van der Waals surface area contributed by atoms with E-state index in [-0.39, 0.29) is 0 Å². The summed E-state index contributed by atoms with van der Waals surface area (Å²) in [7, 11) is 0. The molecule has 96 valence electrons. The fourth-order valence-corrected chi connectivity index (χ4v) is 2.63. The minimum atomic E-state index is 0.842. The van der Waals surface area contributed by atoms with Crippen LogP contribution in [0.4, 0.5) is 5.69 Å². The molecular weight excluding hydrogens is 226 g/mol. The Hall–Kier alpha value is -1.71. The minimum absolute atomic E-state index is 0.842. The Kier molecular flexibility index (Phi) is 2.86. The summed E-state index contributed by atoms with van der Waals surface area (Å²) >= 11 is 0. The van der Waals surface area contributed by atoms with Crippen LogP contribution >= 0.6 is 0 Å². The maximum atomic E-state index is 5.79. The van der Waals surface area contributed by atoms with Gasteiger partial charge in [0.25, 0.3) is 0 Å². The number of aryl methyl sites for hydroxylation is 1. The van der Waals surface area contributed by atoms with Gasteiger partial charge in [-0.3, -0.25) is 4.99 Å². The van der Waals surface area contributed by atoms with Gasteiger partial charge >= 0.3 is 0 Å². The predicted molar refractivity (Wildman–Crippen MR) is 73.7 cm³/mol. The van der Waals surface area contributed by atoms with E-state index in [0.717, 1.165) is 49.9 Å². The molecule has 4 nitrogen and oxygen atoms in total. The van der Waals surface area contributed by atoms with Gasteiger partial charge in [0.1, 0.15) is 5.75 Å². The van der Waals surface area contributed by atoms with Crippen LogP contribution < -0.4 is 15.4 Å². The topological polar surface area (TPSA) is 45.7 Å². The van der Waals surface area contributed by atoms with Crippen molar-refractivity contribution in [3.8, 4) is 5.75 Å².